The van der Waals surface area contributed by atoms with Crippen LogP contribution in [0.1, 0.15) is 125 Å². The highest BCUT2D eigenvalue weighted by molar-refractivity contribution is 8.77. The number of primary amides is 1. The van der Waals surface area contributed by atoms with Crippen LogP contribution in [-0.4, -0.2) is 233 Å². The number of aromatic amines is 2. The van der Waals surface area contributed by atoms with Gasteiger partial charge in [0, 0.05) is 76.8 Å². The Morgan fingerprint density at radius 1 is 0.638 bits per heavy atom. The minimum absolute atomic E-state index is 0.0160. The Bertz CT molecular complexity index is 3540. The number of H-pyrrole nitrogens is 2. The number of nitrogens with zero attached hydrogens (tertiary/aromatic N) is 1. The summed E-state index contributed by atoms with van der Waals surface area (Å²) in [6.07, 6.45) is 0.0603. The zero-order chi connectivity index (χ0) is 77.8. The number of aliphatic hydroxyl groups is 1. The van der Waals surface area contributed by atoms with E-state index in [2.05, 4.69) is 84.1 Å². The van der Waals surface area contributed by atoms with E-state index in [4.69, 9.17) is 5.73 Å². The first-order valence-electron chi connectivity index (χ1n) is 34.3. The van der Waals surface area contributed by atoms with Crippen LogP contribution in [0.2, 0.25) is 0 Å². The minimum Gasteiger partial charge on any atom is -0.481 e. The molecule has 13 atom stereocenters. The van der Waals surface area contributed by atoms with E-state index in [0.717, 1.165) is 21.6 Å². The predicted octanol–water partition coefficient (Wildman–Crippen LogP) is -1.84. The summed E-state index contributed by atoms with van der Waals surface area (Å²) in [5.74, 6) is -16.6. The number of benzene rings is 1. The molecule has 580 valence electrons. The number of aliphatic hydroxyl groups excluding tert-OH is 1. The molecule has 2 aliphatic heterocycles. The second-order valence-corrected chi connectivity index (χ2v) is 32.7. The Labute approximate surface area is 622 Å². The summed E-state index contributed by atoms with van der Waals surface area (Å²) in [6, 6.07) is -11.5. The van der Waals surface area contributed by atoms with Gasteiger partial charge in [-0.1, -0.05) is 89.1 Å². The number of hydrogen-bond acceptors (Lipinski definition) is 22. The van der Waals surface area contributed by atoms with Crippen molar-refractivity contribution in [1.29, 1.82) is 0 Å². The molecule has 35 nitrogen and oxygen atoms in total. The number of para-hydroxylation sites is 1. The summed E-state index contributed by atoms with van der Waals surface area (Å²) in [4.78, 5) is 221. The molecule has 2 saturated heterocycles. The summed E-state index contributed by atoms with van der Waals surface area (Å²) in [5, 5.41) is 64.9. The van der Waals surface area contributed by atoms with Gasteiger partial charge in [0.15, 0.2) is 0 Å². The maximum Gasteiger partial charge on any atom is 0.305 e. The van der Waals surface area contributed by atoms with Crippen molar-refractivity contribution in [3.63, 3.8) is 0 Å². The van der Waals surface area contributed by atoms with Crippen LogP contribution in [0, 0.1) is 11.8 Å². The van der Waals surface area contributed by atoms with Crippen molar-refractivity contribution in [3.8, 4) is 0 Å². The number of aliphatic carboxylic acids is 2. The first-order valence-corrected chi connectivity index (χ1v) is 39.3. The molecule has 0 spiro atoms. The maximum absolute atomic E-state index is 15.2. The predicted molar refractivity (Wildman–Crippen MR) is 393 cm³/mol. The number of aromatic nitrogens is 3. The first kappa shape index (κ1) is 87.0. The Kier molecular flexibility index (Phi) is 35.2. The van der Waals surface area contributed by atoms with Crippen molar-refractivity contribution >= 4 is 143 Å². The van der Waals surface area contributed by atoms with Gasteiger partial charge in [-0.15, -0.1) is 0 Å². The molecule has 0 aliphatic carbocycles. The molecule has 105 heavy (non-hydrogen) atoms. The standard InChI is InChI=1S/C66H99N17O18S4/c1-32(2)21-43-56(92)70-28-50(85)73-41(16-17-51(86)87)58(94)77-44(22-33(3)4)60(96)75-42-18-20-103-102-19-12-15-40(57(93)79-46(62(98)76-43)24-37-27-68-31-71-37)74-55(91)34(5)72-64(100)48(81-63(99)47(25-52(88)89)83-66(7,8)9)29-104-105-30-49(65(101)82-53(35(6)84)54(67)90)80-61(97)45(78-59(42)95)23-36-26-69-39-14-11-10-13-38(36)39/h10-11,13-14,26-27,31-35,40-49,53,69,83-84H,12,15-25,28-30H2,1-9H3,(H2,67,90)(H,68,71)(H,70,92)(H,72,100)(H,73,85)(H,74,91)(H,75,96)(H,76,98)(H,77,94)(H,78,95)(H,79,93)(H,80,97)(H,81,99)(H,82,101)(H,86,87)(H,88,89)/t34-,35+,40-,41-,42-,43-,44-,45-,46-,47-,48-,49-,53-/m0/s1. The molecular weight excluding hydrogens is 1450 g/mol. The number of carboxylic acid groups (broad SMARTS) is 2. The molecule has 2 aliphatic rings. The maximum atomic E-state index is 15.2. The average molecular weight is 1550 g/mol. The van der Waals surface area contributed by atoms with Crippen molar-refractivity contribution in [2.45, 2.75) is 211 Å². The van der Waals surface area contributed by atoms with E-state index >= 15 is 9.59 Å². The largest absolute Gasteiger partial charge is 0.481 e. The van der Waals surface area contributed by atoms with E-state index < -0.39 is 210 Å². The Morgan fingerprint density at radius 3 is 1.83 bits per heavy atom. The van der Waals surface area contributed by atoms with E-state index in [9.17, 15) is 77.6 Å². The lowest BCUT2D eigenvalue weighted by Gasteiger charge is -2.29. The van der Waals surface area contributed by atoms with E-state index in [1.54, 1.807) is 78.9 Å². The highest BCUT2D eigenvalue weighted by Gasteiger charge is 2.38. The number of carbonyl (C=O) groups excluding carboxylic acids is 13. The van der Waals surface area contributed by atoms with Crippen molar-refractivity contribution in [2.24, 2.45) is 17.6 Å². The van der Waals surface area contributed by atoms with Crippen LogP contribution in [0.4, 0.5) is 0 Å². The van der Waals surface area contributed by atoms with Crippen LogP contribution in [0.5, 0.6) is 0 Å². The summed E-state index contributed by atoms with van der Waals surface area (Å²) >= 11 is 0. The summed E-state index contributed by atoms with van der Waals surface area (Å²) < 4.78 is 0. The smallest absolute Gasteiger partial charge is 0.305 e. The SMILES string of the molecule is CC(C)C[C@@H]1NC(=O)[C@H](Cc2cnc[nH]2)NC(=O)[C@@H]2CCCSSCC[C@H](NC(=O)[C@H](CC(C)C)NC(=O)[C@H](CCC(=O)O)NC(=O)CNC1=O)C(=O)N[C@@H](Cc1c[nH]c3ccccc13)C(=O)N[C@H](C(=O)N[C@H](C(N)=O)[C@@H](C)O)CSSC[C@H](NC(=O)[C@H](CC(=O)O)NC(C)(C)C)C(=O)N[C@@H](C)C(=O)N2. The van der Waals surface area contributed by atoms with E-state index in [1.807, 2.05) is 0 Å². The van der Waals surface area contributed by atoms with Crippen molar-refractivity contribution in [2.75, 3.05) is 29.6 Å². The third-order valence-corrected chi connectivity index (χ3v) is 21.2. The molecule has 3 aromatic rings. The number of nitrogens with one attached hydrogen (secondary N) is 15. The number of carbonyl (C=O) groups is 15. The van der Waals surface area contributed by atoms with Gasteiger partial charge in [0.25, 0.3) is 0 Å². The van der Waals surface area contributed by atoms with Gasteiger partial charge in [0.1, 0.15) is 66.5 Å². The van der Waals surface area contributed by atoms with Gasteiger partial charge in [0.05, 0.1) is 31.4 Å². The number of hydrogen-bond donors (Lipinski definition) is 19. The number of amides is 13. The van der Waals surface area contributed by atoms with Crippen LogP contribution in [0.25, 0.3) is 10.9 Å². The highest BCUT2D eigenvalue weighted by atomic mass is 33.1. The fourth-order valence-electron chi connectivity index (χ4n) is 11.0. The lowest BCUT2D eigenvalue weighted by atomic mass is 10.0. The number of imidazole rings is 1. The van der Waals surface area contributed by atoms with Gasteiger partial charge in [-0.05, 0) is 96.6 Å². The molecular formula is C66H99N17O18S4. The Morgan fingerprint density at radius 2 is 1.22 bits per heavy atom. The van der Waals surface area contributed by atoms with Crippen molar-refractivity contribution in [3.05, 3.63) is 54.2 Å². The van der Waals surface area contributed by atoms with Gasteiger partial charge < -0.3 is 100 Å². The molecule has 0 radical (unpaired) electrons. The molecule has 4 heterocycles. The fraction of sp³-hybridized carbons (Fsp3) is 0.606. The van der Waals surface area contributed by atoms with Gasteiger partial charge in [-0.25, -0.2) is 4.98 Å². The highest BCUT2D eigenvalue weighted by Crippen LogP contribution is 2.27. The molecule has 1 aromatic carbocycles. The second-order valence-electron chi connectivity index (χ2n) is 27.4. The van der Waals surface area contributed by atoms with Crippen LogP contribution in [-0.2, 0) is 84.8 Å². The molecule has 39 heteroatoms. The molecule has 2 bridgehead atoms. The van der Waals surface area contributed by atoms with Crippen LogP contribution < -0.4 is 74.9 Å². The quantitative estimate of drug-likeness (QED) is 0.0553. The molecule has 5 rings (SSSR count). The average Bonchev–Trinajstić information content (AvgIpc) is 1.72. The Hall–Kier alpha value is -8.66. The van der Waals surface area contributed by atoms with Crippen LogP contribution in [0.15, 0.2) is 43.0 Å². The second kappa shape index (κ2) is 42.5. The van der Waals surface area contributed by atoms with Crippen LogP contribution in [0.3, 0.4) is 0 Å². The van der Waals surface area contributed by atoms with E-state index in [-0.39, 0.29) is 68.3 Å². The Balaban J connectivity index is 1.71. The van der Waals surface area contributed by atoms with E-state index in [0.29, 0.717) is 22.2 Å². The number of rotatable bonds is 20. The zero-order valence-corrected chi connectivity index (χ0v) is 63.2. The topological polar surface area (TPSA) is 544 Å². The number of fused-ring (bicyclic) bond motifs is 9. The normalized spacial score (nSPS) is 24.5. The van der Waals surface area contributed by atoms with Crippen molar-refractivity contribution < 1.29 is 87.2 Å². The van der Waals surface area contributed by atoms with Crippen LogP contribution >= 0.6 is 43.2 Å². The summed E-state index contributed by atoms with van der Waals surface area (Å²) in [6.45, 7) is 13.6. The van der Waals surface area contributed by atoms with E-state index in [1.165, 1.54) is 48.0 Å². The van der Waals surface area contributed by atoms with Gasteiger partial charge in [-0.2, -0.15) is 0 Å². The molecule has 0 saturated carbocycles. The molecule has 2 aromatic heterocycles. The fourth-order valence-corrected chi connectivity index (χ4v) is 15.5. The number of nitrogens with two attached hydrogens (primary N) is 1. The van der Waals surface area contributed by atoms with Gasteiger partial charge in [-0.3, -0.25) is 71.9 Å². The zero-order valence-electron chi connectivity index (χ0n) is 59.9. The number of carboxylic acids is 2. The van der Waals surface area contributed by atoms with Crippen molar-refractivity contribution in [1.82, 2.24) is 84.1 Å². The lowest BCUT2D eigenvalue weighted by molar-refractivity contribution is -0.140. The molecule has 20 N–H and O–H groups in total. The summed E-state index contributed by atoms with van der Waals surface area (Å²) in [5.41, 5.74) is 6.21. The first-order chi connectivity index (χ1) is 49.5. The van der Waals surface area contributed by atoms with Gasteiger partial charge >= 0.3 is 11.9 Å². The minimum atomic E-state index is -1.71. The third-order valence-electron chi connectivity index (χ3n) is 16.3. The van der Waals surface area contributed by atoms with Gasteiger partial charge in [0.2, 0.25) is 76.8 Å². The molecule has 13 amide bonds. The molecule has 0 unspecified atom stereocenters. The third kappa shape index (κ3) is 30.0. The summed E-state index contributed by atoms with van der Waals surface area (Å²) in [7, 11) is 4.16. The molecule has 2 fully saturated rings. The lowest BCUT2D eigenvalue weighted by Crippen LogP contribution is -2.61. The monoisotopic (exact) mass is 1550 g/mol.